The van der Waals surface area contributed by atoms with Crippen LogP contribution in [0, 0.1) is 0 Å². The molecule has 7 heteroatoms. The molecule has 7 nitrogen and oxygen atoms in total. The van der Waals surface area contributed by atoms with Gasteiger partial charge in [-0.2, -0.15) is 5.10 Å². The van der Waals surface area contributed by atoms with Crippen LogP contribution in [0.4, 0.5) is 0 Å². The van der Waals surface area contributed by atoms with Crippen molar-refractivity contribution in [2.45, 2.75) is 13.1 Å². The van der Waals surface area contributed by atoms with Crippen molar-refractivity contribution in [1.29, 1.82) is 0 Å². The Bertz CT molecular complexity index is 914. The van der Waals surface area contributed by atoms with Crippen molar-refractivity contribution in [1.82, 2.24) is 15.1 Å². The predicted molar refractivity (Wildman–Crippen MR) is 105 cm³/mol. The van der Waals surface area contributed by atoms with Gasteiger partial charge < -0.3 is 19.5 Å². The molecule has 146 valence electrons. The highest BCUT2D eigenvalue weighted by Crippen LogP contribution is 2.38. The van der Waals surface area contributed by atoms with E-state index in [9.17, 15) is 4.79 Å². The van der Waals surface area contributed by atoms with Gasteiger partial charge in [0.15, 0.2) is 11.5 Å². The van der Waals surface area contributed by atoms with Gasteiger partial charge in [-0.3, -0.25) is 9.48 Å². The van der Waals surface area contributed by atoms with Crippen LogP contribution in [0.5, 0.6) is 17.2 Å². The second-order valence-electron chi connectivity index (χ2n) is 6.12. The van der Waals surface area contributed by atoms with Crippen molar-refractivity contribution in [3.05, 3.63) is 71.5 Å². The maximum atomic E-state index is 12.6. The Labute approximate surface area is 163 Å². The molecule has 0 atom stereocenters. The number of nitrogens with one attached hydrogen (secondary N) is 1. The first-order valence-corrected chi connectivity index (χ1v) is 8.78. The SMILES string of the molecule is COc1cc(C(=O)NCc2cccc(Cn3cccn3)c2)cc(OC)c1OC. The highest BCUT2D eigenvalue weighted by molar-refractivity contribution is 5.95. The first-order chi connectivity index (χ1) is 13.6. The van der Waals surface area contributed by atoms with E-state index in [-0.39, 0.29) is 5.91 Å². The number of ether oxygens (including phenoxy) is 3. The molecule has 2 aromatic carbocycles. The molecule has 1 N–H and O–H groups in total. The normalized spacial score (nSPS) is 10.4. The molecule has 0 aliphatic carbocycles. The molecule has 0 unspecified atom stereocenters. The third-order valence-electron chi connectivity index (χ3n) is 4.28. The van der Waals surface area contributed by atoms with Gasteiger partial charge in [-0.1, -0.05) is 24.3 Å². The van der Waals surface area contributed by atoms with Gasteiger partial charge in [0.25, 0.3) is 5.91 Å². The van der Waals surface area contributed by atoms with E-state index in [1.165, 1.54) is 21.3 Å². The fourth-order valence-electron chi connectivity index (χ4n) is 2.92. The number of rotatable bonds is 8. The molecule has 1 heterocycles. The Balaban J connectivity index is 1.70. The molecule has 3 rings (SSSR count). The lowest BCUT2D eigenvalue weighted by molar-refractivity contribution is 0.0950. The second kappa shape index (κ2) is 8.94. The van der Waals surface area contributed by atoms with Crippen LogP contribution in [0.3, 0.4) is 0 Å². The third kappa shape index (κ3) is 4.43. The molecule has 0 saturated heterocycles. The van der Waals surface area contributed by atoms with Crippen molar-refractivity contribution in [3.63, 3.8) is 0 Å². The van der Waals surface area contributed by atoms with Gasteiger partial charge in [0, 0.05) is 24.5 Å². The van der Waals surface area contributed by atoms with Crippen LogP contribution >= 0.6 is 0 Å². The first-order valence-electron chi connectivity index (χ1n) is 8.78. The molecule has 0 aliphatic rings. The zero-order chi connectivity index (χ0) is 19.9. The Hall–Kier alpha value is -3.48. The number of nitrogens with zero attached hydrogens (tertiary/aromatic N) is 2. The number of amides is 1. The maximum Gasteiger partial charge on any atom is 0.251 e. The molecule has 0 aliphatic heterocycles. The van der Waals surface area contributed by atoms with Crippen molar-refractivity contribution >= 4 is 5.91 Å². The van der Waals surface area contributed by atoms with Gasteiger partial charge in [0.05, 0.1) is 27.9 Å². The number of carbonyl (C=O) groups is 1. The minimum absolute atomic E-state index is 0.225. The number of hydrogen-bond donors (Lipinski definition) is 1. The Morgan fingerprint density at radius 2 is 1.71 bits per heavy atom. The molecule has 1 amide bonds. The number of benzene rings is 2. The summed E-state index contributed by atoms with van der Waals surface area (Å²) in [5, 5.41) is 7.14. The van der Waals surface area contributed by atoms with Crippen LogP contribution in [-0.4, -0.2) is 37.0 Å². The standard InChI is InChI=1S/C21H23N3O4/c1-26-18-11-17(12-19(27-2)20(18)28-3)21(25)22-13-15-6-4-7-16(10-15)14-24-9-5-8-23-24/h4-12H,13-14H2,1-3H3,(H,22,25). The topological polar surface area (TPSA) is 74.6 Å². The minimum Gasteiger partial charge on any atom is -0.493 e. The van der Waals surface area contributed by atoms with Crippen LogP contribution in [0.25, 0.3) is 0 Å². The number of methoxy groups -OCH3 is 3. The smallest absolute Gasteiger partial charge is 0.251 e. The zero-order valence-corrected chi connectivity index (χ0v) is 16.1. The van der Waals surface area contributed by atoms with E-state index in [4.69, 9.17) is 14.2 Å². The lowest BCUT2D eigenvalue weighted by Crippen LogP contribution is -2.23. The quantitative estimate of drug-likeness (QED) is 0.649. The monoisotopic (exact) mass is 381 g/mol. The number of aromatic nitrogens is 2. The summed E-state index contributed by atoms with van der Waals surface area (Å²) in [6, 6.07) is 13.2. The summed E-state index contributed by atoms with van der Waals surface area (Å²) in [5.74, 6) is 1.10. The van der Waals surface area contributed by atoms with E-state index in [0.29, 0.717) is 35.9 Å². The largest absolute Gasteiger partial charge is 0.493 e. The minimum atomic E-state index is -0.225. The average Bonchev–Trinajstić information content (AvgIpc) is 3.24. The highest BCUT2D eigenvalue weighted by atomic mass is 16.5. The fraction of sp³-hybridized carbons (Fsp3) is 0.238. The molecular formula is C21H23N3O4. The summed E-state index contributed by atoms with van der Waals surface area (Å²) in [6.07, 6.45) is 3.67. The van der Waals surface area contributed by atoms with Crippen LogP contribution in [0.2, 0.25) is 0 Å². The molecule has 0 fully saturated rings. The van der Waals surface area contributed by atoms with Crippen molar-refractivity contribution < 1.29 is 19.0 Å². The summed E-state index contributed by atoms with van der Waals surface area (Å²) in [5.41, 5.74) is 2.55. The van der Waals surface area contributed by atoms with Gasteiger partial charge in [-0.05, 0) is 29.3 Å². The van der Waals surface area contributed by atoms with E-state index in [2.05, 4.69) is 16.5 Å². The lowest BCUT2D eigenvalue weighted by Gasteiger charge is -2.14. The van der Waals surface area contributed by atoms with Gasteiger partial charge >= 0.3 is 0 Å². The molecule has 0 radical (unpaired) electrons. The summed E-state index contributed by atoms with van der Waals surface area (Å²) < 4.78 is 17.8. The molecule has 1 aromatic heterocycles. The molecule has 0 saturated carbocycles. The van der Waals surface area contributed by atoms with Crippen LogP contribution in [0.1, 0.15) is 21.5 Å². The Morgan fingerprint density at radius 1 is 1.00 bits per heavy atom. The van der Waals surface area contributed by atoms with Gasteiger partial charge in [0.1, 0.15) is 0 Å². The van der Waals surface area contributed by atoms with Gasteiger partial charge in [0.2, 0.25) is 5.75 Å². The molecular weight excluding hydrogens is 358 g/mol. The summed E-state index contributed by atoms with van der Waals surface area (Å²) in [4.78, 5) is 12.6. The first kappa shape index (κ1) is 19.3. The van der Waals surface area contributed by atoms with Crippen LogP contribution in [-0.2, 0) is 13.1 Å². The third-order valence-corrected chi connectivity index (χ3v) is 4.28. The van der Waals surface area contributed by atoms with Crippen molar-refractivity contribution in [2.24, 2.45) is 0 Å². The Morgan fingerprint density at radius 3 is 2.32 bits per heavy atom. The van der Waals surface area contributed by atoms with Gasteiger partial charge in [-0.15, -0.1) is 0 Å². The van der Waals surface area contributed by atoms with E-state index in [1.807, 2.05) is 35.1 Å². The molecule has 3 aromatic rings. The van der Waals surface area contributed by atoms with Crippen LogP contribution in [0.15, 0.2) is 54.9 Å². The van der Waals surface area contributed by atoms with Crippen molar-refractivity contribution in [3.8, 4) is 17.2 Å². The fourth-order valence-corrected chi connectivity index (χ4v) is 2.92. The lowest BCUT2D eigenvalue weighted by atomic mass is 10.1. The number of carbonyl (C=O) groups excluding carboxylic acids is 1. The molecule has 0 spiro atoms. The Kier molecular flexibility index (Phi) is 6.16. The summed E-state index contributed by atoms with van der Waals surface area (Å²) in [6.45, 7) is 1.09. The average molecular weight is 381 g/mol. The van der Waals surface area contributed by atoms with E-state index in [1.54, 1.807) is 18.3 Å². The van der Waals surface area contributed by atoms with E-state index < -0.39 is 0 Å². The van der Waals surface area contributed by atoms with Gasteiger partial charge in [-0.25, -0.2) is 0 Å². The summed E-state index contributed by atoms with van der Waals surface area (Å²) >= 11 is 0. The zero-order valence-electron chi connectivity index (χ0n) is 16.1. The van der Waals surface area contributed by atoms with Crippen molar-refractivity contribution in [2.75, 3.05) is 21.3 Å². The molecule has 28 heavy (non-hydrogen) atoms. The van der Waals surface area contributed by atoms with Crippen LogP contribution < -0.4 is 19.5 Å². The highest BCUT2D eigenvalue weighted by Gasteiger charge is 2.16. The maximum absolute atomic E-state index is 12.6. The molecule has 0 bridgehead atoms. The second-order valence-corrected chi connectivity index (χ2v) is 6.12. The number of hydrogen-bond acceptors (Lipinski definition) is 5. The predicted octanol–water partition coefficient (Wildman–Crippen LogP) is 2.89. The van der Waals surface area contributed by atoms with E-state index >= 15 is 0 Å². The van der Waals surface area contributed by atoms with E-state index in [0.717, 1.165) is 11.1 Å². The summed E-state index contributed by atoms with van der Waals surface area (Å²) in [7, 11) is 4.56.